The van der Waals surface area contributed by atoms with Crippen LogP contribution >= 0.6 is 0 Å². The van der Waals surface area contributed by atoms with Gasteiger partial charge in [-0.25, -0.2) is 0 Å². The van der Waals surface area contributed by atoms with Crippen LogP contribution in [0.25, 0.3) is 0 Å². The molecule has 2 unspecified atom stereocenters. The average molecular weight is 279 g/mol. The first-order chi connectivity index (χ1) is 9.62. The molecule has 2 fully saturated rings. The van der Waals surface area contributed by atoms with E-state index < -0.39 is 11.0 Å². The quantitative estimate of drug-likeness (QED) is 0.851. The molecule has 3 nitrogen and oxygen atoms in total. The van der Waals surface area contributed by atoms with E-state index in [0.29, 0.717) is 0 Å². The number of rotatable bonds is 4. The summed E-state index contributed by atoms with van der Waals surface area (Å²) in [6.07, 6.45) is 9.86. The van der Waals surface area contributed by atoms with E-state index in [0.717, 1.165) is 57.3 Å². The molecule has 0 radical (unpaired) electrons. The Morgan fingerprint density at radius 3 is 2.45 bits per heavy atom. The normalized spacial score (nSPS) is 42.1. The lowest BCUT2D eigenvalue weighted by Gasteiger charge is -2.51. The standard InChI is InChI=1S/C17H29NO2/c1-3-6-14-8-11-16(13-18,12-9-14)17(19)10-5-4-7-15(17)20-2/h14-15,19H,3-12H2,1-2H3. The van der Waals surface area contributed by atoms with Crippen LogP contribution in [-0.4, -0.2) is 23.9 Å². The number of ether oxygens (including phenoxy) is 1. The molecule has 0 spiro atoms. The summed E-state index contributed by atoms with van der Waals surface area (Å²) in [6.45, 7) is 2.22. The molecule has 114 valence electrons. The molecule has 0 aromatic carbocycles. The molecule has 2 aliphatic carbocycles. The van der Waals surface area contributed by atoms with Crippen molar-refractivity contribution in [1.29, 1.82) is 5.26 Å². The number of nitrogens with zero attached hydrogens (tertiary/aromatic N) is 1. The molecule has 2 saturated carbocycles. The first-order valence-corrected chi connectivity index (χ1v) is 8.28. The van der Waals surface area contributed by atoms with Gasteiger partial charge in [-0.1, -0.05) is 32.6 Å². The Morgan fingerprint density at radius 2 is 1.90 bits per heavy atom. The molecule has 0 aromatic rings. The topological polar surface area (TPSA) is 53.2 Å². The van der Waals surface area contributed by atoms with Crippen molar-refractivity contribution in [1.82, 2.24) is 0 Å². The lowest BCUT2D eigenvalue weighted by Crippen LogP contribution is -2.59. The molecule has 0 amide bonds. The molecule has 2 aliphatic rings. The zero-order chi connectivity index (χ0) is 14.6. The zero-order valence-corrected chi connectivity index (χ0v) is 13.0. The fraction of sp³-hybridized carbons (Fsp3) is 0.941. The van der Waals surface area contributed by atoms with Gasteiger partial charge in [-0.15, -0.1) is 0 Å². The summed E-state index contributed by atoms with van der Waals surface area (Å²) in [5.74, 6) is 0.745. The van der Waals surface area contributed by atoms with E-state index in [2.05, 4.69) is 13.0 Å². The van der Waals surface area contributed by atoms with Crippen LogP contribution in [0.5, 0.6) is 0 Å². The minimum absolute atomic E-state index is 0.168. The lowest BCUT2D eigenvalue weighted by molar-refractivity contribution is -0.181. The molecule has 20 heavy (non-hydrogen) atoms. The van der Waals surface area contributed by atoms with E-state index in [1.54, 1.807) is 7.11 Å². The van der Waals surface area contributed by atoms with Crippen LogP contribution < -0.4 is 0 Å². The van der Waals surface area contributed by atoms with Crippen molar-refractivity contribution >= 4 is 0 Å². The Labute approximate surface area is 123 Å². The van der Waals surface area contributed by atoms with E-state index >= 15 is 0 Å². The molecular weight excluding hydrogens is 250 g/mol. The van der Waals surface area contributed by atoms with Gasteiger partial charge in [0.25, 0.3) is 0 Å². The van der Waals surface area contributed by atoms with Crippen molar-refractivity contribution in [3.63, 3.8) is 0 Å². The Balaban J connectivity index is 2.16. The highest BCUT2D eigenvalue weighted by Gasteiger charge is 2.57. The van der Waals surface area contributed by atoms with Gasteiger partial charge < -0.3 is 9.84 Å². The molecule has 2 atom stereocenters. The van der Waals surface area contributed by atoms with Crippen LogP contribution in [0.3, 0.4) is 0 Å². The number of nitriles is 1. The van der Waals surface area contributed by atoms with Crippen molar-refractivity contribution in [2.75, 3.05) is 7.11 Å². The van der Waals surface area contributed by atoms with Crippen LogP contribution in [0.15, 0.2) is 0 Å². The van der Waals surface area contributed by atoms with Gasteiger partial charge in [-0.3, -0.25) is 0 Å². The predicted octanol–water partition coefficient (Wildman–Crippen LogP) is 3.81. The Hall–Kier alpha value is -0.590. The minimum atomic E-state index is -0.939. The highest BCUT2D eigenvalue weighted by molar-refractivity contribution is 5.16. The highest BCUT2D eigenvalue weighted by atomic mass is 16.5. The summed E-state index contributed by atoms with van der Waals surface area (Å²) >= 11 is 0. The molecule has 0 heterocycles. The molecule has 0 bridgehead atoms. The summed E-state index contributed by atoms with van der Waals surface area (Å²) in [4.78, 5) is 0. The average Bonchev–Trinajstić information content (AvgIpc) is 2.49. The summed E-state index contributed by atoms with van der Waals surface area (Å²) in [5, 5.41) is 21.1. The fourth-order valence-electron chi connectivity index (χ4n) is 4.49. The SMILES string of the molecule is CCCC1CCC(C#N)(C2(O)CCCCC2OC)CC1. The Bertz CT molecular complexity index is 354. The van der Waals surface area contributed by atoms with Gasteiger partial charge in [0.1, 0.15) is 5.60 Å². The second kappa shape index (κ2) is 6.45. The van der Waals surface area contributed by atoms with Crippen LogP contribution in [-0.2, 0) is 4.74 Å². The van der Waals surface area contributed by atoms with Gasteiger partial charge in [0.05, 0.1) is 17.6 Å². The Kier molecular flexibility index (Phi) is 5.09. The van der Waals surface area contributed by atoms with Crippen LogP contribution in [0.2, 0.25) is 0 Å². The van der Waals surface area contributed by atoms with E-state index in [4.69, 9.17) is 4.74 Å². The van der Waals surface area contributed by atoms with E-state index in [1.807, 2.05) is 0 Å². The molecule has 0 aromatic heterocycles. The number of aliphatic hydroxyl groups is 1. The van der Waals surface area contributed by atoms with Crippen molar-refractivity contribution in [2.45, 2.75) is 82.8 Å². The molecular formula is C17H29NO2. The van der Waals surface area contributed by atoms with Crippen molar-refractivity contribution in [3.8, 4) is 6.07 Å². The summed E-state index contributed by atoms with van der Waals surface area (Å²) < 4.78 is 5.56. The monoisotopic (exact) mass is 279 g/mol. The largest absolute Gasteiger partial charge is 0.386 e. The fourth-order valence-corrected chi connectivity index (χ4v) is 4.49. The van der Waals surface area contributed by atoms with Gasteiger partial charge in [0.15, 0.2) is 0 Å². The molecule has 2 rings (SSSR count). The van der Waals surface area contributed by atoms with Crippen LogP contribution in [0.1, 0.15) is 71.1 Å². The first-order valence-electron chi connectivity index (χ1n) is 8.28. The van der Waals surface area contributed by atoms with Crippen LogP contribution in [0, 0.1) is 22.7 Å². The maximum absolute atomic E-state index is 11.3. The molecule has 0 aliphatic heterocycles. The van der Waals surface area contributed by atoms with Gasteiger partial charge in [0.2, 0.25) is 0 Å². The minimum Gasteiger partial charge on any atom is -0.386 e. The molecule has 3 heteroatoms. The number of hydrogen-bond donors (Lipinski definition) is 1. The van der Waals surface area contributed by atoms with E-state index in [9.17, 15) is 10.4 Å². The third-order valence-corrected chi connectivity index (χ3v) is 5.79. The lowest BCUT2D eigenvalue weighted by atomic mass is 9.57. The third-order valence-electron chi connectivity index (χ3n) is 5.79. The smallest absolute Gasteiger partial charge is 0.109 e. The molecule has 0 saturated heterocycles. The number of hydrogen-bond acceptors (Lipinski definition) is 3. The van der Waals surface area contributed by atoms with Gasteiger partial charge in [-0.05, 0) is 44.4 Å². The van der Waals surface area contributed by atoms with Gasteiger partial charge in [0, 0.05) is 7.11 Å². The van der Waals surface area contributed by atoms with Crippen molar-refractivity contribution in [2.24, 2.45) is 11.3 Å². The number of methoxy groups -OCH3 is 1. The summed E-state index contributed by atoms with van der Waals surface area (Å²) in [7, 11) is 1.68. The maximum atomic E-state index is 11.3. The maximum Gasteiger partial charge on any atom is 0.109 e. The van der Waals surface area contributed by atoms with Gasteiger partial charge >= 0.3 is 0 Å². The first kappa shape index (κ1) is 15.8. The second-order valence-corrected chi connectivity index (χ2v) is 6.82. The third kappa shape index (κ3) is 2.61. The predicted molar refractivity (Wildman–Crippen MR) is 79.1 cm³/mol. The molecule has 1 N–H and O–H groups in total. The summed E-state index contributed by atoms with van der Waals surface area (Å²) in [6, 6.07) is 2.52. The Morgan fingerprint density at radius 1 is 1.20 bits per heavy atom. The second-order valence-electron chi connectivity index (χ2n) is 6.82. The highest BCUT2D eigenvalue weighted by Crippen LogP contribution is 2.52. The van der Waals surface area contributed by atoms with Crippen LogP contribution in [0.4, 0.5) is 0 Å². The van der Waals surface area contributed by atoms with E-state index in [-0.39, 0.29) is 6.10 Å². The van der Waals surface area contributed by atoms with Crippen molar-refractivity contribution in [3.05, 3.63) is 0 Å². The summed E-state index contributed by atoms with van der Waals surface area (Å²) in [5.41, 5.74) is -1.52. The van der Waals surface area contributed by atoms with Crippen molar-refractivity contribution < 1.29 is 9.84 Å². The zero-order valence-electron chi connectivity index (χ0n) is 13.0. The van der Waals surface area contributed by atoms with Gasteiger partial charge in [-0.2, -0.15) is 5.26 Å². The van der Waals surface area contributed by atoms with E-state index in [1.165, 1.54) is 12.8 Å².